The van der Waals surface area contributed by atoms with E-state index in [4.69, 9.17) is 14.4 Å². The molecule has 10 rings (SSSR count). The Balaban J connectivity index is 1.16. The fraction of sp³-hybridized carbons (Fsp3) is 0. The SMILES string of the molecule is c1ccc(-c2ccc(-c3cc(-c4ccc5c(c4)oc4ccccc45)cc(-c4cc(-c5ccccc5)nc(-c5ccc6ccccc6c5)n4)c3)cc2)cc1. The average molecular weight is 677 g/mol. The van der Waals surface area contributed by atoms with Gasteiger partial charge in [-0.1, -0.05) is 146 Å². The number of aromatic nitrogens is 2. The molecule has 53 heavy (non-hydrogen) atoms. The Labute approximate surface area is 307 Å². The van der Waals surface area contributed by atoms with E-state index < -0.39 is 0 Å². The first-order valence-corrected chi connectivity index (χ1v) is 17.9. The summed E-state index contributed by atoms with van der Waals surface area (Å²) < 4.78 is 6.34. The van der Waals surface area contributed by atoms with Crippen LogP contribution in [0.25, 0.3) is 100.0 Å². The third-order valence-corrected chi connectivity index (χ3v) is 10.1. The van der Waals surface area contributed by atoms with E-state index in [1.54, 1.807) is 0 Å². The van der Waals surface area contributed by atoms with Gasteiger partial charge in [0.15, 0.2) is 5.82 Å². The van der Waals surface area contributed by atoms with Crippen LogP contribution in [-0.2, 0) is 0 Å². The molecule has 2 aromatic heterocycles. The predicted octanol–water partition coefficient (Wildman–Crippen LogP) is 13.5. The summed E-state index contributed by atoms with van der Waals surface area (Å²) in [5.74, 6) is 0.690. The van der Waals surface area contributed by atoms with Crippen LogP contribution in [0.3, 0.4) is 0 Å². The molecule has 0 fully saturated rings. The van der Waals surface area contributed by atoms with Crippen LogP contribution in [0, 0.1) is 0 Å². The second kappa shape index (κ2) is 12.9. The smallest absolute Gasteiger partial charge is 0.160 e. The van der Waals surface area contributed by atoms with Crippen molar-refractivity contribution in [2.45, 2.75) is 0 Å². The van der Waals surface area contributed by atoms with Gasteiger partial charge < -0.3 is 4.42 Å². The van der Waals surface area contributed by atoms with Gasteiger partial charge in [0.2, 0.25) is 0 Å². The van der Waals surface area contributed by atoms with Gasteiger partial charge >= 0.3 is 0 Å². The highest BCUT2D eigenvalue weighted by atomic mass is 16.3. The maximum atomic E-state index is 6.34. The molecular formula is C50H32N2O. The first kappa shape index (κ1) is 30.7. The Morgan fingerprint density at radius 2 is 0.811 bits per heavy atom. The van der Waals surface area contributed by atoms with Gasteiger partial charge in [-0.2, -0.15) is 0 Å². The molecule has 0 radical (unpaired) electrons. The number of furan rings is 1. The van der Waals surface area contributed by atoms with Crippen LogP contribution in [0.5, 0.6) is 0 Å². The fourth-order valence-corrected chi connectivity index (χ4v) is 7.31. The molecule has 0 unspecified atom stereocenters. The molecule has 8 aromatic carbocycles. The largest absolute Gasteiger partial charge is 0.456 e. The van der Waals surface area contributed by atoms with Crippen LogP contribution in [0.2, 0.25) is 0 Å². The van der Waals surface area contributed by atoms with Crippen LogP contribution in [0.4, 0.5) is 0 Å². The molecule has 3 nitrogen and oxygen atoms in total. The summed E-state index contributed by atoms with van der Waals surface area (Å²) in [4.78, 5) is 10.4. The lowest BCUT2D eigenvalue weighted by atomic mass is 9.93. The number of nitrogens with zero attached hydrogens (tertiary/aromatic N) is 2. The molecule has 0 saturated carbocycles. The van der Waals surface area contributed by atoms with Crippen molar-refractivity contribution in [3.8, 4) is 67.3 Å². The molecule has 2 heterocycles. The third-order valence-electron chi connectivity index (χ3n) is 10.1. The van der Waals surface area contributed by atoms with E-state index in [1.165, 1.54) is 16.5 Å². The maximum absolute atomic E-state index is 6.34. The molecule has 0 N–H and O–H groups in total. The second-order valence-electron chi connectivity index (χ2n) is 13.4. The standard InChI is InChI=1S/C50H32N2O/c1-3-11-33(12-4-1)35-19-21-36(22-20-35)41-28-42(39-25-26-45-44-17-9-10-18-48(44)53-49(45)31-39)30-43(29-41)47-32-46(37-14-5-2-6-15-37)51-50(52-47)40-24-23-34-13-7-8-16-38(34)27-40/h1-32H. The quantitative estimate of drug-likeness (QED) is 0.176. The Morgan fingerprint density at radius 3 is 1.58 bits per heavy atom. The van der Waals surface area contributed by atoms with Crippen molar-refractivity contribution < 1.29 is 4.42 Å². The Kier molecular flexibility index (Phi) is 7.47. The van der Waals surface area contributed by atoms with Crippen molar-refractivity contribution in [3.63, 3.8) is 0 Å². The van der Waals surface area contributed by atoms with Crippen LogP contribution in [-0.4, -0.2) is 9.97 Å². The van der Waals surface area contributed by atoms with Crippen molar-refractivity contribution in [2.24, 2.45) is 0 Å². The van der Waals surface area contributed by atoms with Gasteiger partial charge in [0.05, 0.1) is 11.4 Å². The van der Waals surface area contributed by atoms with E-state index in [1.807, 2.05) is 18.2 Å². The van der Waals surface area contributed by atoms with E-state index in [0.29, 0.717) is 5.82 Å². The van der Waals surface area contributed by atoms with E-state index in [9.17, 15) is 0 Å². The summed E-state index contributed by atoms with van der Waals surface area (Å²) in [6.07, 6.45) is 0. The van der Waals surface area contributed by atoms with Gasteiger partial charge in [0.1, 0.15) is 11.2 Å². The lowest BCUT2D eigenvalue weighted by Crippen LogP contribution is -1.96. The highest BCUT2D eigenvalue weighted by molar-refractivity contribution is 6.06. The van der Waals surface area contributed by atoms with Crippen LogP contribution in [0.15, 0.2) is 199 Å². The van der Waals surface area contributed by atoms with Crippen LogP contribution in [0.1, 0.15) is 0 Å². The zero-order chi connectivity index (χ0) is 35.1. The van der Waals surface area contributed by atoms with Crippen molar-refractivity contribution >= 4 is 32.7 Å². The maximum Gasteiger partial charge on any atom is 0.160 e. The zero-order valence-electron chi connectivity index (χ0n) is 28.8. The monoisotopic (exact) mass is 676 g/mol. The minimum Gasteiger partial charge on any atom is -0.456 e. The lowest BCUT2D eigenvalue weighted by molar-refractivity contribution is 0.669. The van der Waals surface area contributed by atoms with Crippen molar-refractivity contribution in [1.29, 1.82) is 0 Å². The van der Waals surface area contributed by atoms with Crippen molar-refractivity contribution in [2.75, 3.05) is 0 Å². The summed E-state index contributed by atoms with van der Waals surface area (Å²) >= 11 is 0. The molecule has 0 spiro atoms. The van der Waals surface area contributed by atoms with Gasteiger partial charge in [-0.15, -0.1) is 0 Å². The molecule has 0 bridgehead atoms. The van der Waals surface area contributed by atoms with E-state index in [-0.39, 0.29) is 0 Å². The van der Waals surface area contributed by atoms with Gasteiger partial charge in [-0.3, -0.25) is 0 Å². The van der Waals surface area contributed by atoms with Crippen molar-refractivity contribution in [3.05, 3.63) is 194 Å². The molecule has 248 valence electrons. The van der Waals surface area contributed by atoms with Crippen LogP contribution < -0.4 is 0 Å². The van der Waals surface area contributed by atoms with Crippen LogP contribution >= 0.6 is 0 Å². The Morgan fingerprint density at radius 1 is 0.283 bits per heavy atom. The predicted molar refractivity (Wildman–Crippen MR) is 219 cm³/mol. The second-order valence-corrected chi connectivity index (χ2v) is 13.4. The number of fused-ring (bicyclic) bond motifs is 4. The first-order valence-electron chi connectivity index (χ1n) is 17.9. The highest BCUT2D eigenvalue weighted by Crippen LogP contribution is 2.38. The number of benzene rings is 8. The lowest BCUT2D eigenvalue weighted by Gasteiger charge is -2.14. The summed E-state index contributed by atoms with van der Waals surface area (Å²) in [5.41, 5.74) is 13.3. The topological polar surface area (TPSA) is 38.9 Å². The van der Waals surface area contributed by atoms with E-state index in [0.717, 1.165) is 77.7 Å². The Bertz CT molecular complexity index is 2930. The number of hydrogen-bond donors (Lipinski definition) is 0. The third kappa shape index (κ3) is 5.85. The molecule has 3 heteroatoms. The number of para-hydroxylation sites is 1. The molecule has 0 aliphatic heterocycles. The molecule has 0 saturated heterocycles. The number of hydrogen-bond acceptors (Lipinski definition) is 3. The van der Waals surface area contributed by atoms with Crippen molar-refractivity contribution in [1.82, 2.24) is 9.97 Å². The molecular weight excluding hydrogens is 645 g/mol. The summed E-state index contributed by atoms with van der Waals surface area (Å²) in [5, 5.41) is 4.58. The summed E-state index contributed by atoms with van der Waals surface area (Å²) in [6, 6.07) is 68.2. The van der Waals surface area contributed by atoms with Gasteiger partial charge in [-0.05, 0) is 92.7 Å². The molecule has 0 aliphatic rings. The first-order chi connectivity index (χ1) is 26.2. The molecule has 0 atom stereocenters. The fourth-order valence-electron chi connectivity index (χ4n) is 7.31. The molecule has 0 aliphatic carbocycles. The zero-order valence-corrected chi connectivity index (χ0v) is 28.8. The Hall–Kier alpha value is -7.10. The number of rotatable bonds is 6. The summed E-state index contributed by atoms with van der Waals surface area (Å²) in [6.45, 7) is 0. The summed E-state index contributed by atoms with van der Waals surface area (Å²) in [7, 11) is 0. The van der Waals surface area contributed by atoms with E-state index >= 15 is 0 Å². The van der Waals surface area contributed by atoms with E-state index in [2.05, 4.69) is 176 Å². The van der Waals surface area contributed by atoms with Gasteiger partial charge in [0.25, 0.3) is 0 Å². The highest BCUT2D eigenvalue weighted by Gasteiger charge is 2.15. The minimum atomic E-state index is 0.690. The molecule has 0 amide bonds. The van der Waals surface area contributed by atoms with Gasteiger partial charge in [0, 0.05) is 27.5 Å². The van der Waals surface area contributed by atoms with Gasteiger partial charge in [-0.25, -0.2) is 9.97 Å². The normalized spacial score (nSPS) is 11.4. The molecule has 10 aromatic rings. The minimum absolute atomic E-state index is 0.690. The average Bonchev–Trinajstić information content (AvgIpc) is 3.62.